The van der Waals surface area contributed by atoms with Gasteiger partial charge in [-0.05, 0) is 31.0 Å². The summed E-state index contributed by atoms with van der Waals surface area (Å²) in [6.07, 6.45) is -1.56. The molecule has 1 unspecified atom stereocenters. The summed E-state index contributed by atoms with van der Waals surface area (Å²) in [6, 6.07) is 1.73. The molecule has 0 aromatic carbocycles. The Kier molecular flexibility index (Phi) is 4.29. The molecule has 0 radical (unpaired) electrons. The minimum Gasteiger partial charge on any atom is -0.310 e. The maximum absolute atomic E-state index is 11.9. The van der Waals surface area contributed by atoms with Gasteiger partial charge >= 0.3 is 6.18 Å². The summed E-state index contributed by atoms with van der Waals surface area (Å²) in [5, 5.41) is 2.84. The van der Waals surface area contributed by atoms with E-state index < -0.39 is 12.6 Å². The van der Waals surface area contributed by atoms with E-state index in [4.69, 9.17) is 0 Å². The van der Waals surface area contributed by atoms with Crippen LogP contribution in [0.1, 0.15) is 30.5 Å². The van der Waals surface area contributed by atoms with Crippen LogP contribution < -0.4 is 5.32 Å². The lowest BCUT2D eigenvalue weighted by Gasteiger charge is -2.16. The van der Waals surface area contributed by atoms with Gasteiger partial charge < -0.3 is 5.32 Å². The van der Waals surface area contributed by atoms with Gasteiger partial charge in [0.25, 0.3) is 0 Å². The van der Waals surface area contributed by atoms with Crippen LogP contribution in [-0.4, -0.2) is 17.7 Å². The zero-order valence-electron chi connectivity index (χ0n) is 9.30. The monoisotopic (exact) mass is 232 g/mol. The van der Waals surface area contributed by atoms with Crippen molar-refractivity contribution in [2.75, 3.05) is 6.54 Å². The second-order valence-electron chi connectivity index (χ2n) is 3.77. The molecule has 0 amide bonds. The zero-order chi connectivity index (χ0) is 12.2. The molecule has 0 aliphatic carbocycles. The Morgan fingerprint density at radius 3 is 2.69 bits per heavy atom. The predicted octanol–water partition coefficient (Wildman–Crippen LogP) is 2.99. The van der Waals surface area contributed by atoms with Crippen LogP contribution in [0.2, 0.25) is 0 Å². The van der Waals surface area contributed by atoms with Gasteiger partial charge in [0.1, 0.15) is 0 Å². The van der Waals surface area contributed by atoms with Crippen molar-refractivity contribution in [3.63, 3.8) is 0 Å². The summed E-state index contributed by atoms with van der Waals surface area (Å²) >= 11 is 0. The molecule has 1 N–H and O–H groups in total. The van der Waals surface area contributed by atoms with Crippen molar-refractivity contribution in [1.29, 1.82) is 0 Å². The Bertz CT molecular complexity index is 336. The topological polar surface area (TPSA) is 24.9 Å². The summed E-state index contributed by atoms with van der Waals surface area (Å²) in [7, 11) is 0. The van der Waals surface area contributed by atoms with Crippen LogP contribution in [-0.2, 0) is 0 Å². The second kappa shape index (κ2) is 5.30. The molecule has 0 fully saturated rings. The highest BCUT2D eigenvalue weighted by atomic mass is 19.4. The van der Waals surface area contributed by atoms with Gasteiger partial charge in [0.05, 0.1) is 6.42 Å². The van der Waals surface area contributed by atoms with Gasteiger partial charge in [0.2, 0.25) is 0 Å². The highest BCUT2D eigenvalue weighted by Gasteiger charge is 2.26. The molecular formula is C11H15F3N2. The van der Waals surface area contributed by atoms with Crippen molar-refractivity contribution in [3.8, 4) is 0 Å². The van der Waals surface area contributed by atoms with E-state index in [-0.39, 0.29) is 12.6 Å². The van der Waals surface area contributed by atoms with Crippen LogP contribution >= 0.6 is 0 Å². The first-order valence-corrected chi connectivity index (χ1v) is 5.11. The minimum absolute atomic E-state index is 0.0704. The van der Waals surface area contributed by atoms with Gasteiger partial charge in [-0.2, -0.15) is 13.2 Å². The molecule has 90 valence electrons. The van der Waals surface area contributed by atoms with Crippen LogP contribution in [0.4, 0.5) is 13.2 Å². The Balaban J connectivity index is 2.47. The molecule has 16 heavy (non-hydrogen) atoms. The average molecular weight is 232 g/mol. The highest BCUT2D eigenvalue weighted by Crippen LogP contribution is 2.20. The fourth-order valence-corrected chi connectivity index (χ4v) is 1.47. The molecule has 5 heteroatoms. The first-order chi connectivity index (χ1) is 7.40. The van der Waals surface area contributed by atoms with E-state index in [0.717, 1.165) is 11.1 Å². The van der Waals surface area contributed by atoms with Crippen molar-refractivity contribution in [3.05, 3.63) is 29.6 Å². The van der Waals surface area contributed by atoms with Gasteiger partial charge in [-0.15, -0.1) is 0 Å². The first-order valence-electron chi connectivity index (χ1n) is 5.11. The van der Waals surface area contributed by atoms with Crippen LogP contribution in [0.25, 0.3) is 0 Å². The Hall–Kier alpha value is -1.10. The number of nitrogens with one attached hydrogen (secondary N) is 1. The minimum atomic E-state index is -4.10. The third-order valence-corrected chi connectivity index (χ3v) is 2.41. The van der Waals surface area contributed by atoms with E-state index in [9.17, 15) is 13.2 Å². The number of rotatable bonds is 4. The lowest BCUT2D eigenvalue weighted by molar-refractivity contribution is -0.133. The Morgan fingerprint density at radius 1 is 1.44 bits per heavy atom. The summed E-state index contributed by atoms with van der Waals surface area (Å²) in [4.78, 5) is 3.96. The first kappa shape index (κ1) is 13.0. The summed E-state index contributed by atoms with van der Waals surface area (Å²) < 4.78 is 35.8. The molecule has 0 saturated heterocycles. The third kappa shape index (κ3) is 4.18. The number of pyridine rings is 1. The SMILES string of the molecule is Cc1ccncc1C(C)NCCC(F)(F)F. The molecule has 2 nitrogen and oxygen atoms in total. The molecule has 0 bridgehead atoms. The fourth-order valence-electron chi connectivity index (χ4n) is 1.47. The molecular weight excluding hydrogens is 217 g/mol. The quantitative estimate of drug-likeness (QED) is 0.863. The molecule has 1 atom stereocenters. The molecule has 1 aromatic rings. The van der Waals surface area contributed by atoms with E-state index >= 15 is 0 Å². The lowest BCUT2D eigenvalue weighted by atomic mass is 10.1. The zero-order valence-corrected chi connectivity index (χ0v) is 9.30. The van der Waals surface area contributed by atoms with E-state index in [1.165, 1.54) is 0 Å². The standard InChI is InChI=1S/C11H15F3N2/c1-8-3-5-15-7-10(8)9(2)16-6-4-11(12,13)14/h3,5,7,9,16H,4,6H2,1-2H3. The average Bonchev–Trinajstić information content (AvgIpc) is 2.16. The van der Waals surface area contributed by atoms with Gasteiger partial charge in [-0.3, -0.25) is 4.98 Å². The van der Waals surface area contributed by atoms with Crippen LogP contribution in [0.5, 0.6) is 0 Å². The van der Waals surface area contributed by atoms with Gasteiger partial charge in [-0.25, -0.2) is 0 Å². The van der Waals surface area contributed by atoms with Crippen molar-refractivity contribution >= 4 is 0 Å². The normalized spacial score (nSPS) is 13.8. The van der Waals surface area contributed by atoms with E-state index in [0.29, 0.717) is 0 Å². The summed E-state index contributed by atoms with van der Waals surface area (Å²) in [6.45, 7) is 3.68. The van der Waals surface area contributed by atoms with Gasteiger partial charge in [0.15, 0.2) is 0 Å². The van der Waals surface area contributed by atoms with Crippen molar-refractivity contribution < 1.29 is 13.2 Å². The second-order valence-corrected chi connectivity index (χ2v) is 3.77. The number of aromatic nitrogens is 1. The highest BCUT2D eigenvalue weighted by molar-refractivity contribution is 5.24. The van der Waals surface area contributed by atoms with E-state index in [1.807, 2.05) is 19.9 Å². The molecule has 0 saturated carbocycles. The summed E-state index contributed by atoms with van der Waals surface area (Å²) in [5.74, 6) is 0. The number of hydrogen-bond acceptors (Lipinski definition) is 2. The van der Waals surface area contributed by atoms with Gasteiger partial charge in [-0.1, -0.05) is 0 Å². The van der Waals surface area contributed by atoms with E-state index in [2.05, 4.69) is 10.3 Å². The largest absolute Gasteiger partial charge is 0.390 e. The summed E-state index contributed by atoms with van der Waals surface area (Å²) in [5.41, 5.74) is 1.96. The lowest BCUT2D eigenvalue weighted by Crippen LogP contribution is -2.25. The molecule has 0 aliphatic rings. The molecule has 1 heterocycles. The number of aryl methyl sites for hydroxylation is 1. The Morgan fingerprint density at radius 2 is 2.12 bits per heavy atom. The molecule has 0 aliphatic heterocycles. The number of alkyl halides is 3. The van der Waals surface area contributed by atoms with Crippen LogP contribution in [0.15, 0.2) is 18.5 Å². The fraction of sp³-hybridized carbons (Fsp3) is 0.545. The number of hydrogen-bond donors (Lipinski definition) is 1. The maximum atomic E-state index is 11.9. The molecule has 1 rings (SSSR count). The smallest absolute Gasteiger partial charge is 0.310 e. The predicted molar refractivity (Wildman–Crippen MR) is 56.1 cm³/mol. The van der Waals surface area contributed by atoms with Crippen molar-refractivity contribution in [1.82, 2.24) is 10.3 Å². The number of nitrogens with zero attached hydrogens (tertiary/aromatic N) is 1. The van der Waals surface area contributed by atoms with Crippen LogP contribution in [0, 0.1) is 6.92 Å². The third-order valence-electron chi connectivity index (χ3n) is 2.41. The van der Waals surface area contributed by atoms with Crippen molar-refractivity contribution in [2.24, 2.45) is 0 Å². The number of halogens is 3. The van der Waals surface area contributed by atoms with Gasteiger partial charge in [0, 0.05) is 25.0 Å². The van der Waals surface area contributed by atoms with Crippen LogP contribution in [0.3, 0.4) is 0 Å². The Labute approximate surface area is 92.9 Å². The van der Waals surface area contributed by atoms with E-state index in [1.54, 1.807) is 12.4 Å². The molecule has 0 spiro atoms. The van der Waals surface area contributed by atoms with Crippen molar-refractivity contribution in [2.45, 2.75) is 32.5 Å². The molecule has 1 aromatic heterocycles. The maximum Gasteiger partial charge on any atom is 0.390 e.